The molecule has 3 rings (SSSR count). The maximum atomic E-state index is 13.5. The number of alkyl halides is 3. The first-order valence-corrected chi connectivity index (χ1v) is 13.8. The number of ether oxygens (including phenoxy) is 2. The number of carboxylic acids is 1. The summed E-state index contributed by atoms with van der Waals surface area (Å²) >= 11 is 0. The van der Waals surface area contributed by atoms with E-state index in [0.717, 1.165) is 0 Å². The number of carbonyl (C=O) groups excluding carboxylic acids is 3. The molecule has 0 radical (unpaired) electrons. The second-order valence-corrected chi connectivity index (χ2v) is 9.72. The summed E-state index contributed by atoms with van der Waals surface area (Å²) in [5.41, 5.74) is 12.3. The molecule has 14 nitrogen and oxygen atoms in total. The second kappa shape index (κ2) is 17.0. The van der Waals surface area contributed by atoms with E-state index in [9.17, 15) is 27.6 Å². The van der Waals surface area contributed by atoms with Crippen LogP contribution in [0.5, 0.6) is 11.5 Å². The molecule has 3 amide bonds. The molecule has 0 aliphatic rings. The number of amides is 3. The molecule has 1 unspecified atom stereocenters. The summed E-state index contributed by atoms with van der Waals surface area (Å²) in [4.78, 5) is 50.6. The van der Waals surface area contributed by atoms with Crippen molar-refractivity contribution in [3.05, 3.63) is 77.6 Å². The second-order valence-electron chi connectivity index (χ2n) is 9.72. The lowest BCUT2D eigenvalue weighted by Crippen LogP contribution is -2.45. The largest absolute Gasteiger partial charge is 0.490 e. The number of rotatable bonds is 11. The van der Waals surface area contributed by atoms with Crippen LogP contribution in [0.3, 0.4) is 0 Å². The van der Waals surface area contributed by atoms with E-state index in [2.05, 4.69) is 26.5 Å². The van der Waals surface area contributed by atoms with E-state index < -0.39 is 30.0 Å². The average Bonchev–Trinajstić information content (AvgIpc) is 2.99. The molecule has 0 aliphatic carbocycles. The van der Waals surface area contributed by atoms with Gasteiger partial charge < -0.3 is 30.9 Å². The van der Waals surface area contributed by atoms with Gasteiger partial charge in [0.05, 0.1) is 30.2 Å². The van der Waals surface area contributed by atoms with Crippen LogP contribution in [-0.2, 0) is 14.4 Å². The van der Waals surface area contributed by atoms with Gasteiger partial charge >= 0.3 is 12.1 Å². The third-order valence-corrected chi connectivity index (χ3v) is 5.65. The number of carboxylic acid groups (broad SMARTS) is 1. The molecule has 0 saturated carbocycles. The summed E-state index contributed by atoms with van der Waals surface area (Å²) in [6, 6.07) is 12.3. The number of amidine groups is 1. The fourth-order valence-electron chi connectivity index (χ4n) is 3.68. The SMILES string of the molecule is CCOc1cc(C(Nc2ccc(C(=N)N)cc2)C(=O)NNC(=O)c2ccncc2NC(C)=O)ccc1OC(C)C.O=C(O)C(F)(F)F. The molecule has 252 valence electrons. The molecule has 8 N–H and O–H groups in total. The summed E-state index contributed by atoms with van der Waals surface area (Å²) in [7, 11) is 0. The zero-order chi connectivity index (χ0) is 35.3. The molecule has 1 aromatic heterocycles. The monoisotopic (exact) mass is 661 g/mol. The van der Waals surface area contributed by atoms with Crippen molar-refractivity contribution < 1.29 is 46.9 Å². The quantitative estimate of drug-likeness (QED) is 0.0897. The smallest absolute Gasteiger partial charge is 0.490 e. The van der Waals surface area contributed by atoms with Crippen LogP contribution < -0.4 is 36.7 Å². The van der Waals surface area contributed by atoms with Crippen molar-refractivity contribution in [3.63, 3.8) is 0 Å². The van der Waals surface area contributed by atoms with Crippen molar-refractivity contribution in [1.29, 1.82) is 5.41 Å². The van der Waals surface area contributed by atoms with Gasteiger partial charge in [0.2, 0.25) is 5.91 Å². The van der Waals surface area contributed by atoms with Crippen molar-refractivity contribution in [3.8, 4) is 11.5 Å². The van der Waals surface area contributed by atoms with Gasteiger partial charge in [0.1, 0.15) is 11.9 Å². The van der Waals surface area contributed by atoms with Crippen LogP contribution >= 0.6 is 0 Å². The zero-order valence-corrected chi connectivity index (χ0v) is 25.7. The molecule has 17 heteroatoms. The first-order chi connectivity index (χ1) is 22.0. The first-order valence-electron chi connectivity index (χ1n) is 13.8. The number of anilines is 2. The molecule has 0 aliphatic heterocycles. The molecule has 0 saturated heterocycles. The van der Waals surface area contributed by atoms with E-state index in [0.29, 0.717) is 34.9 Å². The highest BCUT2D eigenvalue weighted by Crippen LogP contribution is 2.33. The minimum atomic E-state index is -5.08. The van der Waals surface area contributed by atoms with E-state index in [1.807, 2.05) is 20.8 Å². The Bertz CT molecular complexity index is 1580. The van der Waals surface area contributed by atoms with Gasteiger partial charge in [0.15, 0.2) is 11.5 Å². The standard InChI is InChI=1S/C28H33N7O5.C2HF3O2/c1-5-39-24-14-19(8-11-23(24)40-16(2)3)25(33-20-9-6-18(7-10-20)26(29)30)28(38)35-34-27(37)21-12-13-31-15-22(21)32-17(4)36;3-2(4,5)1(6)7/h6-16,25,33H,5H2,1-4H3,(H3,29,30)(H,32,36)(H,34,37)(H,35,38);(H,6,7). The zero-order valence-electron chi connectivity index (χ0n) is 25.7. The molecule has 0 bridgehead atoms. The van der Waals surface area contributed by atoms with Gasteiger partial charge in [-0.2, -0.15) is 13.2 Å². The maximum absolute atomic E-state index is 13.5. The third-order valence-electron chi connectivity index (χ3n) is 5.65. The number of nitrogens with two attached hydrogens (primary N) is 1. The summed E-state index contributed by atoms with van der Waals surface area (Å²) in [5, 5.41) is 20.4. The highest BCUT2D eigenvalue weighted by Gasteiger charge is 2.38. The minimum Gasteiger partial charge on any atom is -0.490 e. The molecular weight excluding hydrogens is 627 g/mol. The average molecular weight is 662 g/mol. The number of benzene rings is 2. The number of nitrogens with one attached hydrogen (secondary N) is 5. The normalized spacial score (nSPS) is 11.2. The Morgan fingerprint density at radius 2 is 1.66 bits per heavy atom. The van der Waals surface area contributed by atoms with Crippen molar-refractivity contribution in [2.24, 2.45) is 5.73 Å². The summed E-state index contributed by atoms with van der Waals surface area (Å²) < 4.78 is 43.3. The van der Waals surface area contributed by atoms with Crippen LogP contribution in [0.15, 0.2) is 60.9 Å². The molecule has 3 aromatic rings. The Hall–Kier alpha value is -5.87. The Labute approximate surface area is 267 Å². The fraction of sp³-hybridized carbons (Fsp3) is 0.267. The van der Waals surface area contributed by atoms with E-state index in [1.54, 1.807) is 42.5 Å². The number of hydrogen-bond acceptors (Lipinski definition) is 9. The minimum absolute atomic E-state index is 0.0830. The van der Waals surface area contributed by atoms with Crippen molar-refractivity contribution >= 4 is 40.9 Å². The van der Waals surface area contributed by atoms with Gasteiger partial charge in [0.25, 0.3) is 11.8 Å². The van der Waals surface area contributed by atoms with Crippen molar-refractivity contribution in [1.82, 2.24) is 15.8 Å². The topological polar surface area (TPSA) is 218 Å². The Morgan fingerprint density at radius 3 is 2.19 bits per heavy atom. The predicted molar refractivity (Wildman–Crippen MR) is 165 cm³/mol. The van der Waals surface area contributed by atoms with Crippen LogP contribution in [-0.4, -0.2) is 58.5 Å². The summed E-state index contributed by atoms with van der Waals surface area (Å²) in [5.74, 6) is -3.46. The lowest BCUT2D eigenvalue weighted by molar-refractivity contribution is -0.192. The number of halogens is 3. The summed E-state index contributed by atoms with van der Waals surface area (Å²) in [6.07, 6.45) is -2.44. The highest BCUT2D eigenvalue weighted by atomic mass is 19.4. The van der Waals surface area contributed by atoms with Gasteiger partial charge in [-0.1, -0.05) is 6.07 Å². The molecule has 2 aromatic carbocycles. The van der Waals surface area contributed by atoms with Crippen LogP contribution in [0.1, 0.15) is 55.2 Å². The van der Waals surface area contributed by atoms with Crippen LogP contribution in [0, 0.1) is 5.41 Å². The lowest BCUT2D eigenvalue weighted by Gasteiger charge is -2.22. The summed E-state index contributed by atoms with van der Waals surface area (Å²) in [6.45, 7) is 7.33. The number of carbonyl (C=O) groups is 4. The van der Waals surface area contributed by atoms with Crippen LogP contribution in [0.25, 0.3) is 0 Å². The van der Waals surface area contributed by atoms with Gasteiger partial charge in [0, 0.05) is 24.4 Å². The highest BCUT2D eigenvalue weighted by molar-refractivity contribution is 6.04. The fourth-order valence-corrected chi connectivity index (χ4v) is 3.68. The van der Waals surface area contributed by atoms with Gasteiger partial charge in [-0.3, -0.25) is 35.6 Å². The molecule has 0 spiro atoms. The molecule has 47 heavy (non-hydrogen) atoms. The van der Waals surface area contributed by atoms with E-state index in [1.165, 1.54) is 25.4 Å². The van der Waals surface area contributed by atoms with Crippen molar-refractivity contribution in [2.75, 3.05) is 17.2 Å². The first kappa shape index (κ1) is 37.3. The van der Waals surface area contributed by atoms with Crippen LogP contribution in [0.4, 0.5) is 24.5 Å². The molecular formula is C30H34F3N7O7. The Kier molecular flexibility index (Phi) is 13.5. The third kappa shape index (κ3) is 11.9. The van der Waals surface area contributed by atoms with Crippen molar-refractivity contribution in [2.45, 2.75) is 46.0 Å². The van der Waals surface area contributed by atoms with Gasteiger partial charge in [-0.25, -0.2) is 4.79 Å². The number of nitrogen functional groups attached to an aromatic ring is 1. The molecule has 0 fully saturated rings. The number of hydrogen-bond donors (Lipinski definition) is 7. The lowest BCUT2D eigenvalue weighted by atomic mass is 10.0. The number of aromatic nitrogens is 1. The van der Waals surface area contributed by atoms with E-state index in [4.69, 9.17) is 30.5 Å². The molecule has 1 heterocycles. The number of nitrogens with zero attached hydrogens (tertiary/aromatic N) is 1. The predicted octanol–water partition coefficient (Wildman–Crippen LogP) is 3.76. The van der Waals surface area contributed by atoms with Gasteiger partial charge in [-0.15, -0.1) is 0 Å². The Balaban J connectivity index is 0.000000984. The Morgan fingerprint density at radius 1 is 1.02 bits per heavy atom. The maximum Gasteiger partial charge on any atom is 0.490 e. The van der Waals surface area contributed by atoms with E-state index >= 15 is 0 Å². The number of hydrazine groups is 1. The van der Waals surface area contributed by atoms with E-state index in [-0.39, 0.29) is 29.1 Å². The number of pyridine rings is 1. The van der Waals surface area contributed by atoms with Crippen LogP contribution in [0.2, 0.25) is 0 Å². The number of aliphatic carboxylic acids is 1. The van der Waals surface area contributed by atoms with Gasteiger partial charge in [-0.05, 0) is 68.8 Å². The molecule has 1 atom stereocenters.